The lowest BCUT2D eigenvalue weighted by Crippen LogP contribution is -2.24. The number of sulfone groups is 1. The number of hydrogen-bond acceptors (Lipinski definition) is 11. The molecule has 0 aliphatic heterocycles. The van der Waals surface area contributed by atoms with Gasteiger partial charge in [0, 0.05) is 18.9 Å². The van der Waals surface area contributed by atoms with Crippen LogP contribution in [0.4, 0.5) is 30.8 Å². The lowest BCUT2D eigenvalue weighted by molar-refractivity contribution is -0.106. The fraction of sp³-hybridized carbons (Fsp3) is 0.200. The van der Waals surface area contributed by atoms with Crippen LogP contribution < -0.4 is 10.6 Å². The number of pyridine rings is 1. The minimum atomic E-state index is -4.83. The molecule has 182 valence electrons. The van der Waals surface area contributed by atoms with E-state index in [0.717, 1.165) is 5.69 Å². The number of para-hydroxylation sites is 1. The highest BCUT2D eigenvalue weighted by molar-refractivity contribution is 7.90. The van der Waals surface area contributed by atoms with Crippen molar-refractivity contribution in [2.24, 2.45) is 0 Å². The normalized spacial score (nSPS) is 12.0. The molecule has 0 saturated carbocycles. The molecular weight excluding hydrogens is 489 g/mol. The predicted octanol–water partition coefficient (Wildman–Crippen LogP) is 2.81. The molecule has 1 aromatic carbocycles. The van der Waals surface area contributed by atoms with Crippen LogP contribution in [0.25, 0.3) is 23.1 Å². The van der Waals surface area contributed by atoms with E-state index in [0.29, 0.717) is 5.56 Å². The fourth-order valence-corrected chi connectivity index (χ4v) is 4.21. The third-order valence-electron chi connectivity index (χ3n) is 4.53. The maximum absolute atomic E-state index is 12.4. The Balaban J connectivity index is 1.54. The van der Waals surface area contributed by atoms with Crippen LogP contribution >= 0.6 is 0 Å². The van der Waals surface area contributed by atoms with Gasteiger partial charge in [-0.2, -0.15) is 33.1 Å². The van der Waals surface area contributed by atoms with Gasteiger partial charge in [0.25, 0.3) is 5.89 Å². The zero-order chi connectivity index (χ0) is 25.2. The summed E-state index contributed by atoms with van der Waals surface area (Å²) in [7, 11) is -2.67. The summed E-state index contributed by atoms with van der Waals surface area (Å²) in [6.07, 6.45) is -3.61. The van der Waals surface area contributed by atoms with Crippen LogP contribution in [-0.4, -0.2) is 57.5 Å². The molecular formula is C20H17F3N8O3S. The Bertz CT molecular complexity index is 1430. The molecule has 0 aliphatic carbocycles. The van der Waals surface area contributed by atoms with E-state index in [9.17, 15) is 21.6 Å². The SMILES string of the molecule is CN(c1ccccc1)c1nc(N)nc(-c2noc(-c3ccc(CS(=O)(=O)CC(F)(F)F)nc3)n2)n1. The summed E-state index contributed by atoms with van der Waals surface area (Å²) in [6, 6.07) is 12.0. The molecule has 3 heterocycles. The molecule has 4 aromatic rings. The van der Waals surface area contributed by atoms with Gasteiger partial charge < -0.3 is 15.2 Å². The Labute approximate surface area is 196 Å². The van der Waals surface area contributed by atoms with Crippen LogP contribution in [-0.2, 0) is 15.6 Å². The summed E-state index contributed by atoms with van der Waals surface area (Å²) >= 11 is 0. The van der Waals surface area contributed by atoms with Gasteiger partial charge in [0.1, 0.15) is 5.75 Å². The van der Waals surface area contributed by atoms with Gasteiger partial charge in [-0.3, -0.25) is 4.98 Å². The molecule has 0 aliphatic rings. The third kappa shape index (κ3) is 6.06. The summed E-state index contributed by atoms with van der Waals surface area (Å²) in [6.45, 7) is 0. The van der Waals surface area contributed by atoms with Crippen LogP contribution in [0, 0.1) is 0 Å². The van der Waals surface area contributed by atoms with Gasteiger partial charge in [0.2, 0.25) is 23.5 Å². The summed E-state index contributed by atoms with van der Waals surface area (Å²) in [5, 5.41) is 3.84. The van der Waals surface area contributed by atoms with Crippen molar-refractivity contribution in [2.45, 2.75) is 11.9 Å². The van der Waals surface area contributed by atoms with Gasteiger partial charge in [0.15, 0.2) is 9.84 Å². The van der Waals surface area contributed by atoms with E-state index in [1.807, 2.05) is 30.3 Å². The average molecular weight is 506 g/mol. The first kappa shape index (κ1) is 24.0. The van der Waals surface area contributed by atoms with Gasteiger partial charge in [-0.25, -0.2) is 8.42 Å². The van der Waals surface area contributed by atoms with E-state index in [-0.39, 0.29) is 35.1 Å². The minimum absolute atomic E-state index is 0.00800. The first-order valence-electron chi connectivity index (χ1n) is 9.86. The smallest absolute Gasteiger partial charge is 0.368 e. The van der Waals surface area contributed by atoms with Crippen molar-refractivity contribution in [3.8, 4) is 23.1 Å². The van der Waals surface area contributed by atoms with Crippen molar-refractivity contribution in [1.29, 1.82) is 0 Å². The van der Waals surface area contributed by atoms with Crippen LogP contribution in [0.1, 0.15) is 5.69 Å². The first-order chi connectivity index (χ1) is 16.5. The highest BCUT2D eigenvalue weighted by Crippen LogP contribution is 2.25. The highest BCUT2D eigenvalue weighted by atomic mass is 32.2. The maximum Gasteiger partial charge on any atom is 0.402 e. The summed E-state index contributed by atoms with van der Waals surface area (Å²) in [5.41, 5.74) is 6.89. The van der Waals surface area contributed by atoms with Gasteiger partial charge >= 0.3 is 6.18 Å². The van der Waals surface area contributed by atoms with Crippen molar-refractivity contribution < 1.29 is 26.1 Å². The Kier molecular flexibility index (Phi) is 6.34. The predicted molar refractivity (Wildman–Crippen MR) is 119 cm³/mol. The number of nitrogens with zero attached hydrogens (tertiary/aromatic N) is 7. The molecule has 11 nitrogen and oxygen atoms in total. The second-order valence-electron chi connectivity index (χ2n) is 7.32. The quantitative estimate of drug-likeness (QED) is 0.393. The maximum atomic E-state index is 12.4. The standard InChI is InChI=1S/C20H17F3N8O3S/c1-31(14-5-3-2-4-6-14)19-28-15(27-18(24)29-19)16-26-17(34-30-16)12-7-8-13(25-9-12)10-35(32,33)11-20(21,22)23/h2-9H,10-11H2,1H3,(H2,24,27,28,29). The van der Waals surface area contributed by atoms with Crippen LogP contribution in [0.2, 0.25) is 0 Å². The molecule has 3 aromatic heterocycles. The second kappa shape index (κ2) is 9.25. The Morgan fingerprint density at radius 1 is 1.00 bits per heavy atom. The summed E-state index contributed by atoms with van der Waals surface area (Å²) in [5.74, 6) is -2.53. The van der Waals surface area contributed by atoms with Crippen LogP contribution in [0.15, 0.2) is 53.2 Å². The molecule has 0 amide bonds. The number of halogens is 3. The molecule has 4 rings (SSSR count). The molecule has 0 radical (unpaired) electrons. The number of benzene rings is 1. The second-order valence-corrected chi connectivity index (χ2v) is 9.39. The Morgan fingerprint density at radius 3 is 2.40 bits per heavy atom. The highest BCUT2D eigenvalue weighted by Gasteiger charge is 2.35. The van der Waals surface area contributed by atoms with Crippen LogP contribution in [0.5, 0.6) is 0 Å². The first-order valence-corrected chi connectivity index (χ1v) is 11.7. The lowest BCUT2D eigenvalue weighted by Gasteiger charge is -2.17. The zero-order valence-electron chi connectivity index (χ0n) is 18.0. The zero-order valence-corrected chi connectivity index (χ0v) is 18.8. The fourth-order valence-electron chi connectivity index (χ4n) is 2.99. The van der Waals surface area contributed by atoms with E-state index in [4.69, 9.17) is 10.3 Å². The molecule has 35 heavy (non-hydrogen) atoms. The third-order valence-corrected chi connectivity index (χ3v) is 6.04. The topological polar surface area (TPSA) is 154 Å². The van der Waals surface area contributed by atoms with Crippen molar-refractivity contribution in [1.82, 2.24) is 30.1 Å². The number of nitrogens with two attached hydrogens (primary N) is 1. The molecule has 0 bridgehead atoms. The Morgan fingerprint density at radius 2 is 1.74 bits per heavy atom. The number of nitrogen functional groups attached to an aromatic ring is 1. The molecule has 0 fully saturated rings. The van der Waals surface area contributed by atoms with Gasteiger partial charge in [-0.15, -0.1) is 0 Å². The number of rotatable bonds is 7. The van der Waals surface area contributed by atoms with E-state index in [1.54, 1.807) is 11.9 Å². The van der Waals surface area contributed by atoms with Gasteiger partial charge in [0.05, 0.1) is 17.0 Å². The number of hydrogen-bond donors (Lipinski definition) is 1. The largest absolute Gasteiger partial charge is 0.402 e. The molecule has 2 N–H and O–H groups in total. The van der Waals surface area contributed by atoms with Gasteiger partial charge in [-0.1, -0.05) is 23.4 Å². The lowest BCUT2D eigenvalue weighted by atomic mass is 10.2. The number of anilines is 3. The molecule has 0 atom stereocenters. The van der Waals surface area contributed by atoms with Crippen molar-refractivity contribution in [3.05, 3.63) is 54.4 Å². The molecule has 0 unspecified atom stereocenters. The van der Waals surface area contributed by atoms with Gasteiger partial charge in [-0.05, 0) is 24.3 Å². The molecule has 0 spiro atoms. The number of aromatic nitrogens is 6. The van der Waals surface area contributed by atoms with E-state index >= 15 is 0 Å². The van der Waals surface area contributed by atoms with E-state index < -0.39 is 27.5 Å². The molecule has 0 saturated heterocycles. The van der Waals surface area contributed by atoms with E-state index in [1.165, 1.54) is 18.3 Å². The molecule has 15 heteroatoms. The van der Waals surface area contributed by atoms with Crippen molar-refractivity contribution in [2.75, 3.05) is 23.4 Å². The summed E-state index contributed by atoms with van der Waals surface area (Å²) in [4.78, 5) is 22.3. The minimum Gasteiger partial charge on any atom is -0.368 e. The van der Waals surface area contributed by atoms with Crippen molar-refractivity contribution in [3.63, 3.8) is 0 Å². The number of alkyl halides is 3. The Hall–Kier alpha value is -4.14. The van der Waals surface area contributed by atoms with E-state index in [2.05, 4.69) is 30.1 Å². The monoisotopic (exact) mass is 506 g/mol. The van der Waals surface area contributed by atoms with Crippen LogP contribution in [0.3, 0.4) is 0 Å². The summed E-state index contributed by atoms with van der Waals surface area (Å²) < 4.78 is 65.8. The van der Waals surface area contributed by atoms with Crippen molar-refractivity contribution >= 4 is 27.4 Å². The average Bonchev–Trinajstić information content (AvgIpc) is 3.28.